The van der Waals surface area contributed by atoms with Gasteiger partial charge < -0.3 is 10.4 Å². The van der Waals surface area contributed by atoms with Gasteiger partial charge in [0, 0.05) is 25.2 Å². The zero-order valence-electron chi connectivity index (χ0n) is 11.4. The number of aromatic nitrogens is 1. The molecule has 0 aliphatic rings. The Kier molecular flexibility index (Phi) is 6.42. The minimum absolute atomic E-state index is 0.0499. The lowest BCUT2D eigenvalue weighted by atomic mass is 9.97. The van der Waals surface area contributed by atoms with Gasteiger partial charge in [-0.05, 0) is 24.8 Å². The number of nitro groups is 1. The topological polar surface area (TPSA) is 105 Å². The van der Waals surface area contributed by atoms with Crippen molar-refractivity contribution < 1.29 is 14.8 Å². The average molecular weight is 281 g/mol. The van der Waals surface area contributed by atoms with Crippen LogP contribution >= 0.6 is 0 Å². The first-order valence-electron chi connectivity index (χ1n) is 6.59. The first-order chi connectivity index (χ1) is 9.54. The van der Waals surface area contributed by atoms with E-state index in [0.29, 0.717) is 18.9 Å². The third kappa shape index (κ3) is 5.21. The van der Waals surface area contributed by atoms with Crippen LogP contribution in [0.5, 0.6) is 0 Å². The fraction of sp³-hybridized carbons (Fsp3) is 0.538. The van der Waals surface area contributed by atoms with Crippen molar-refractivity contribution in [3.05, 3.63) is 28.4 Å². The van der Waals surface area contributed by atoms with Gasteiger partial charge in [0.05, 0.1) is 4.92 Å². The summed E-state index contributed by atoms with van der Waals surface area (Å²) in [5, 5.41) is 22.4. The third-order valence-corrected chi connectivity index (χ3v) is 3.17. The van der Waals surface area contributed by atoms with E-state index in [0.717, 1.165) is 12.8 Å². The van der Waals surface area contributed by atoms with Gasteiger partial charge in [-0.1, -0.05) is 13.3 Å². The minimum Gasteiger partial charge on any atom is -0.481 e. The summed E-state index contributed by atoms with van der Waals surface area (Å²) in [5.41, 5.74) is -0.0499. The average Bonchev–Trinajstić information content (AvgIpc) is 2.42. The number of hydrogen-bond donors (Lipinski definition) is 2. The number of anilines is 1. The molecule has 110 valence electrons. The van der Waals surface area contributed by atoms with Gasteiger partial charge in [0.1, 0.15) is 0 Å². The predicted octanol–water partition coefficient (Wildman–Crippen LogP) is 2.68. The highest BCUT2D eigenvalue weighted by molar-refractivity contribution is 5.66. The molecule has 0 saturated heterocycles. The van der Waals surface area contributed by atoms with Gasteiger partial charge in [-0.15, -0.1) is 0 Å². The molecule has 20 heavy (non-hydrogen) atoms. The maximum absolute atomic E-state index is 10.8. The van der Waals surface area contributed by atoms with Crippen LogP contribution in [0.3, 0.4) is 0 Å². The van der Waals surface area contributed by atoms with Crippen molar-refractivity contribution in [1.29, 1.82) is 0 Å². The quantitative estimate of drug-likeness (QED) is 0.532. The highest BCUT2D eigenvalue weighted by Crippen LogP contribution is 2.21. The lowest BCUT2D eigenvalue weighted by Gasteiger charge is -2.14. The van der Waals surface area contributed by atoms with E-state index in [1.807, 2.05) is 6.92 Å². The van der Waals surface area contributed by atoms with Crippen LogP contribution < -0.4 is 5.32 Å². The SMILES string of the molecule is CCC(CCNc1ncccc1[N+](=O)[O-])CCC(=O)O. The molecule has 2 N–H and O–H groups in total. The Balaban J connectivity index is 2.47. The Morgan fingerprint density at radius 2 is 2.30 bits per heavy atom. The molecule has 0 aliphatic heterocycles. The Morgan fingerprint density at radius 1 is 1.55 bits per heavy atom. The number of carboxylic acid groups (broad SMARTS) is 1. The summed E-state index contributed by atoms with van der Waals surface area (Å²) in [6.07, 6.45) is 3.92. The minimum atomic E-state index is -0.795. The van der Waals surface area contributed by atoms with Crippen molar-refractivity contribution >= 4 is 17.5 Å². The molecule has 0 spiro atoms. The summed E-state index contributed by atoms with van der Waals surface area (Å²) >= 11 is 0. The van der Waals surface area contributed by atoms with Gasteiger partial charge in [0.2, 0.25) is 5.82 Å². The summed E-state index contributed by atoms with van der Waals surface area (Å²) < 4.78 is 0. The zero-order valence-corrected chi connectivity index (χ0v) is 11.4. The zero-order chi connectivity index (χ0) is 15.0. The van der Waals surface area contributed by atoms with Gasteiger partial charge >= 0.3 is 11.7 Å². The molecule has 0 radical (unpaired) electrons. The molecule has 0 aliphatic carbocycles. The van der Waals surface area contributed by atoms with E-state index in [1.165, 1.54) is 18.3 Å². The van der Waals surface area contributed by atoms with Gasteiger partial charge in [0.25, 0.3) is 0 Å². The number of carbonyl (C=O) groups is 1. The first-order valence-corrected chi connectivity index (χ1v) is 6.59. The Labute approximate surface area is 117 Å². The molecule has 1 aromatic rings. The van der Waals surface area contributed by atoms with Crippen molar-refractivity contribution in [2.75, 3.05) is 11.9 Å². The van der Waals surface area contributed by atoms with E-state index in [4.69, 9.17) is 5.11 Å². The maximum Gasteiger partial charge on any atom is 0.311 e. The lowest BCUT2D eigenvalue weighted by molar-refractivity contribution is -0.384. The molecule has 7 heteroatoms. The Hall–Kier alpha value is -2.18. The van der Waals surface area contributed by atoms with Crippen molar-refractivity contribution in [3.8, 4) is 0 Å². The lowest BCUT2D eigenvalue weighted by Crippen LogP contribution is -2.12. The molecule has 0 saturated carbocycles. The molecule has 0 aromatic carbocycles. The molecular formula is C13H19N3O4. The number of pyridine rings is 1. The van der Waals surface area contributed by atoms with Crippen LogP contribution in [0.4, 0.5) is 11.5 Å². The number of rotatable bonds is 9. The second-order valence-electron chi connectivity index (χ2n) is 4.55. The van der Waals surface area contributed by atoms with Crippen molar-refractivity contribution in [2.24, 2.45) is 5.92 Å². The summed E-state index contributed by atoms with van der Waals surface area (Å²) in [6.45, 7) is 2.55. The van der Waals surface area contributed by atoms with E-state index in [9.17, 15) is 14.9 Å². The van der Waals surface area contributed by atoms with Gasteiger partial charge in [-0.25, -0.2) is 4.98 Å². The van der Waals surface area contributed by atoms with Crippen molar-refractivity contribution in [2.45, 2.75) is 32.6 Å². The predicted molar refractivity (Wildman–Crippen MR) is 74.6 cm³/mol. The molecule has 7 nitrogen and oxygen atoms in total. The highest BCUT2D eigenvalue weighted by atomic mass is 16.6. The molecular weight excluding hydrogens is 262 g/mol. The van der Waals surface area contributed by atoms with Crippen LogP contribution in [0.2, 0.25) is 0 Å². The Bertz CT molecular complexity index is 465. The molecule has 1 atom stereocenters. The number of nitrogens with one attached hydrogen (secondary N) is 1. The summed E-state index contributed by atoms with van der Waals surface area (Å²) in [5.74, 6) is -0.247. The standard InChI is InChI=1S/C13H19N3O4/c1-2-10(5-6-12(17)18)7-9-15-13-11(16(19)20)4-3-8-14-13/h3-4,8,10H,2,5-7,9H2,1H3,(H,14,15)(H,17,18). The number of nitrogens with zero attached hydrogens (tertiary/aromatic N) is 2. The smallest absolute Gasteiger partial charge is 0.311 e. The molecule has 0 bridgehead atoms. The largest absolute Gasteiger partial charge is 0.481 e. The molecule has 1 heterocycles. The number of hydrogen-bond acceptors (Lipinski definition) is 5. The first kappa shape index (κ1) is 15.9. The number of aliphatic carboxylic acids is 1. The van der Waals surface area contributed by atoms with E-state index in [-0.39, 0.29) is 17.9 Å². The van der Waals surface area contributed by atoms with Crippen LogP contribution in [0.15, 0.2) is 18.3 Å². The normalized spacial score (nSPS) is 11.8. The van der Waals surface area contributed by atoms with Gasteiger partial charge in [-0.3, -0.25) is 14.9 Å². The van der Waals surface area contributed by atoms with Crippen LogP contribution in [0, 0.1) is 16.0 Å². The van der Waals surface area contributed by atoms with E-state index in [2.05, 4.69) is 10.3 Å². The number of carboxylic acids is 1. The van der Waals surface area contributed by atoms with E-state index < -0.39 is 10.9 Å². The maximum atomic E-state index is 10.8. The summed E-state index contributed by atoms with van der Waals surface area (Å²) in [6, 6.07) is 2.92. The van der Waals surface area contributed by atoms with Gasteiger partial charge in [-0.2, -0.15) is 0 Å². The van der Waals surface area contributed by atoms with Crippen LogP contribution in [-0.2, 0) is 4.79 Å². The van der Waals surface area contributed by atoms with Crippen LogP contribution in [0.1, 0.15) is 32.6 Å². The van der Waals surface area contributed by atoms with Crippen LogP contribution in [-0.4, -0.2) is 27.5 Å². The Morgan fingerprint density at radius 3 is 2.90 bits per heavy atom. The summed E-state index contributed by atoms with van der Waals surface area (Å²) in [4.78, 5) is 24.8. The molecule has 1 unspecified atom stereocenters. The van der Waals surface area contributed by atoms with Crippen molar-refractivity contribution in [1.82, 2.24) is 4.98 Å². The third-order valence-electron chi connectivity index (χ3n) is 3.17. The van der Waals surface area contributed by atoms with Gasteiger partial charge in [0.15, 0.2) is 0 Å². The second kappa shape index (κ2) is 8.08. The summed E-state index contributed by atoms with van der Waals surface area (Å²) in [7, 11) is 0. The fourth-order valence-corrected chi connectivity index (χ4v) is 1.96. The highest BCUT2D eigenvalue weighted by Gasteiger charge is 2.14. The molecule has 1 aromatic heterocycles. The molecule has 1 rings (SSSR count). The fourth-order valence-electron chi connectivity index (χ4n) is 1.96. The van der Waals surface area contributed by atoms with Crippen molar-refractivity contribution in [3.63, 3.8) is 0 Å². The monoisotopic (exact) mass is 281 g/mol. The molecule has 0 fully saturated rings. The molecule has 0 amide bonds. The van der Waals surface area contributed by atoms with E-state index >= 15 is 0 Å². The van der Waals surface area contributed by atoms with Crippen LogP contribution in [0.25, 0.3) is 0 Å². The second-order valence-corrected chi connectivity index (χ2v) is 4.55. The van der Waals surface area contributed by atoms with E-state index in [1.54, 1.807) is 0 Å².